The molecule has 0 spiro atoms. The van der Waals surface area contributed by atoms with E-state index < -0.39 is 5.97 Å². The van der Waals surface area contributed by atoms with E-state index in [9.17, 15) is 4.79 Å². The number of rotatable bonds is 5. The number of tetrazole rings is 1. The molecule has 1 N–H and O–H groups in total. The highest BCUT2D eigenvalue weighted by atomic mass is 16.4. The fourth-order valence-electron chi connectivity index (χ4n) is 0.988. The highest BCUT2D eigenvalue weighted by molar-refractivity contribution is 5.66. The summed E-state index contributed by atoms with van der Waals surface area (Å²) in [6.45, 7) is 1.90. The maximum atomic E-state index is 10.4. The Balaban J connectivity index is 2.60. The van der Waals surface area contributed by atoms with Crippen LogP contribution in [-0.2, 0) is 17.8 Å². The highest BCUT2D eigenvalue weighted by Crippen LogP contribution is 1.99. The lowest BCUT2D eigenvalue weighted by atomic mass is 10.2. The van der Waals surface area contributed by atoms with Crippen molar-refractivity contribution >= 4 is 5.97 Å². The van der Waals surface area contributed by atoms with Crippen molar-refractivity contribution in [1.82, 2.24) is 20.2 Å². The summed E-state index contributed by atoms with van der Waals surface area (Å²) in [5.41, 5.74) is 0. The quantitative estimate of drug-likeness (QED) is 0.701. The molecule has 0 saturated heterocycles. The molecule has 13 heavy (non-hydrogen) atoms. The van der Waals surface area contributed by atoms with Gasteiger partial charge in [0.1, 0.15) is 6.54 Å². The van der Waals surface area contributed by atoms with Crippen molar-refractivity contribution in [1.29, 1.82) is 0 Å². The van der Waals surface area contributed by atoms with Gasteiger partial charge in [-0.1, -0.05) is 13.3 Å². The Morgan fingerprint density at radius 2 is 2.38 bits per heavy atom. The van der Waals surface area contributed by atoms with E-state index in [0.29, 0.717) is 5.82 Å². The number of nitrogens with zero attached hydrogens (tertiary/aromatic N) is 4. The van der Waals surface area contributed by atoms with Gasteiger partial charge in [-0.05, 0) is 16.8 Å². The van der Waals surface area contributed by atoms with Crippen molar-refractivity contribution in [3.8, 4) is 0 Å². The van der Waals surface area contributed by atoms with Gasteiger partial charge in [-0.3, -0.25) is 4.79 Å². The minimum Gasteiger partial charge on any atom is -0.480 e. The van der Waals surface area contributed by atoms with Crippen LogP contribution in [0.2, 0.25) is 0 Å². The minimum atomic E-state index is -0.926. The van der Waals surface area contributed by atoms with Crippen LogP contribution >= 0.6 is 0 Å². The van der Waals surface area contributed by atoms with Crippen molar-refractivity contribution in [3.63, 3.8) is 0 Å². The lowest BCUT2D eigenvalue weighted by Crippen LogP contribution is -2.13. The number of carboxylic acids is 1. The maximum Gasteiger partial charge on any atom is 0.325 e. The average molecular weight is 184 g/mol. The molecular formula is C7H12N4O2. The van der Waals surface area contributed by atoms with Crippen molar-refractivity contribution in [3.05, 3.63) is 5.82 Å². The number of aryl methyl sites for hydroxylation is 1. The molecule has 1 aromatic heterocycles. The van der Waals surface area contributed by atoms with Gasteiger partial charge in [0.05, 0.1) is 0 Å². The number of hydrogen-bond acceptors (Lipinski definition) is 4. The Labute approximate surface area is 75.6 Å². The first kappa shape index (κ1) is 9.63. The molecule has 6 heteroatoms. The first-order valence-corrected chi connectivity index (χ1v) is 4.21. The average Bonchev–Trinajstić information content (AvgIpc) is 2.48. The molecule has 0 amide bonds. The Kier molecular flexibility index (Phi) is 3.36. The van der Waals surface area contributed by atoms with Gasteiger partial charge in [-0.2, -0.15) is 0 Å². The number of aliphatic carboxylic acids is 1. The second-order valence-electron chi connectivity index (χ2n) is 2.75. The molecule has 1 heterocycles. The zero-order chi connectivity index (χ0) is 9.68. The molecule has 0 aliphatic rings. The predicted molar refractivity (Wildman–Crippen MR) is 44.1 cm³/mol. The molecule has 0 saturated carbocycles. The van der Waals surface area contributed by atoms with E-state index in [0.717, 1.165) is 19.3 Å². The van der Waals surface area contributed by atoms with Gasteiger partial charge < -0.3 is 5.11 Å². The Bertz CT molecular complexity index is 284. The molecule has 0 fully saturated rings. The van der Waals surface area contributed by atoms with Gasteiger partial charge in [0.15, 0.2) is 5.82 Å². The molecule has 0 atom stereocenters. The molecule has 0 unspecified atom stereocenters. The zero-order valence-corrected chi connectivity index (χ0v) is 7.47. The molecule has 1 rings (SSSR count). The fourth-order valence-corrected chi connectivity index (χ4v) is 0.988. The van der Waals surface area contributed by atoms with Crippen LogP contribution in [0.4, 0.5) is 0 Å². The molecule has 0 bridgehead atoms. The van der Waals surface area contributed by atoms with Crippen LogP contribution in [0.25, 0.3) is 0 Å². The third-order valence-corrected chi connectivity index (χ3v) is 1.65. The largest absolute Gasteiger partial charge is 0.480 e. The van der Waals surface area contributed by atoms with Crippen LogP contribution in [-0.4, -0.2) is 31.3 Å². The van der Waals surface area contributed by atoms with Crippen molar-refractivity contribution in [2.45, 2.75) is 32.7 Å². The van der Waals surface area contributed by atoms with E-state index in [1.165, 1.54) is 4.68 Å². The summed E-state index contributed by atoms with van der Waals surface area (Å²) < 4.78 is 1.32. The van der Waals surface area contributed by atoms with Crippen LogP contribution in [0.3, 0.4) is 0 Å². The van der Waals surface area contributed by atoms with E-state index in [1.54, 1.807) is 0 Å². The SMILES string of the molecule is CCCCc1nnnn1CC(=O)O. The van der Waals surface area contributed by atoms with E-state index in [4.69, 9.17) is 5.11 Å². The van der Waals surface area contributed by atoms with Crippen molar-refractivity contribution in [2.75, 3.05) is 0 Å². The molecule has 0 aromatic carbocycles. The van der Waals surface area contributed by atoms with Gasteiger partial charge in [0.25, 0.3) is 0 Å². The van der Waals surface area contributed by atoms with Crippen molar-refractivity contribution < 1.29 is 9.90 Å². The summed E-state index contributed by atoms with van der Waals surface area (Å²) >= 11 is 0. The molecule has 0 aliphatic carbocycles. The molecule has 1 aromatic rings. The number of carboxylic acid groups (broad SMARTS) is 1. The summed E-state index contributed by atoms with van der Waals surface area (Å²) in [7, 11) is 0. The van der Waals surface area contributed by atoms with E-state index in [-0.39, 0.29) is 6.54 Å². The fraction of sp³-hybridized carbons (Fsp3) is 0.714. The normalized spacial score (nSPS) is 10.2. The maximum absolute atomic E-state index is 10.4. The van der Waals surface area contributed by atoms with E-state index in [1.807, 2.05) is 0 Å². The van der Waals surface area contributed by atoms with Gasteiger partial charge in [0, 0.05) is 6.42 Å². The Hall–Kier alpha value is -1.46. The Morgan fingerprint density at radius 1 is 1.62 bits per heavy atom. The lowest BCUT2D eigenvalue weighted by Gasteiger charge is -1.99. The predicted octanol–water partition coefficient (Wildman–Crippen LogP) is 0.100. The molecule has 0 radical (unpaired) electrons. The Morgan fingerprint density at radius 3 is 3.00 bits per heavy atom. The number of carbonyl (C=O) groups is 1. The topological polar surface area (TPSA) is 80.9 Å². The molecule has 72 valence electrons. The first-order valence-electron chi connectivity index (χ1n) is 4.21. The number of unbranched alkanes of at least 4 members (excludes halogenated alkanes) is 1. The second kappa shape index (κ2) is 4.54. The third kappa shape index (κ3) is 2.81. The van der Waals surface area contributed by atoms with Crippen LogP contribution in [0, 0.1) is 0 Å². The minimum absolute atomic E-state index is 0.161. The zero-order valence-electron chi connectivity index (χ0n) is 7.47. The molecule has 6 nitrogen and oxygen atoms in total. The summed E-state index contributed by atoms with van der Waals surface area (Å²) in [5, 5.41) is 19.3. The van der Waals surface area contributed by atoms with Gasteiger partial charge >= 0.3 is 5.97 Å². The van der Waals surface area contributed by atoms with E-state index >= 15 is 0 Å². The molecule has 0 aliphatic heterocycles. The molecular weight excluding hydrogens is 172 g/mol. The van der Waals surface area contributed by atoms with E-state index in [2.05, 4.69) is 22.4 Å². The second-order valence-corrected chi connectivity index (χ2v) is 2.75. The van der Waals surface area contributed by atoms with Crippen molar-refractivity contribution in [2.24, 2.45) is 0 Å². The number of aromatic nitrogens is 4. The van der Waals surface area contributed by atoms with Crippen LogP contribution in [0.15, 0.2) is 0 Å². The van der Waals surface area contributed by atoms with Gasteiger partial charge in [0.2, 0.25) is 0 Å². The standard InChI is InChI=1S/C7H12N4O2/c1-2-3-4-6-8-9-10-11(6)5-7(12)13/h2-5H2,1H3,(H,12,13). The summed E-state index contributed by atoms with van der Waals surface area (Å²) in [5.74, 6) is -0.283. The monoisotopic (exact) mass is 184 g/mol. The van der Waals surface area contributed by atoms with Crippen LogP contribution in [0.1, 0.15) is 25.6 Å². The first-order chi connectivity index (χ1) is 6.24. The summed E-state index contributed by atoms with van der Waals surface area (Å²) in [4.78, 5) is 10.4. The van der Waals surface area contributed by atoms with Crippen LogP contribution < -0.4 is 0 Å². The lowest BCUT2D eigenvalue weighted by molar-refractivity contribution is -0.138. The van der Waals surface area contributed by atoms with Gasteiger partial charge in [-0.25, -0.2) is 4.68 Å². The number of hydrogen-bond donors (Lipinski definition) is 1. The summed E-state index contributed by atoms with van der Waals surface area (Å²) in [6, 6.07) is 0. The van der Waals surface area contributed by atoms with Crippen LogP contribution in [0.5, 0.6) is 0 Å². The third-order valence-electron chi connectivity index (χ3n) is 1.65. The summed E-state index contributed by atoms with van der Waals surface area (Å²) in [6.07, 6.45) is 2.75. The van der Waals surface area contributed by atoms with Gasteiger partial charge in [-0.15, -0.1) is 5.10 Å². The highest BCUT2D eigenvalue weighted by Gasteiger charge is 2.07. The smallest absolute Gasteiger partial charge is 0.325 e.